The molecular weight excluding hydrogens is 274 g/mol. The molecule has 0 atom stereocenters. The zero-order valence-electron chi connectivity index (χ0n) is 12.2. The van der Waals surface area contributed by atoms with Crippen LogP contribution in [0.15, 0.2) is 18.7 Å². The summed E-state index contributed by atoms with van der Waals surface area (Å²) < 4.78 is 5.46. The standard InChI is InChI=1S/C15H22ClN3O/c1-4-20-11(2)12-9-15(13(16)10-14(12)17)19-7-5-18(3)6-8-19/h9-10H,2,4-8,17H2,1,3H3. The summed E-state index contributed by atoms with van der Waals surface area (Å²) in [5.74, 6) is 0.594. The molecule has 5 heteroatoms. The van der Waals surface area contributed by atoms with Crippen molar-refractivity contribution in [2.45, 2.75) is 6.92 Å². The van der Waals surface area contributed by atoms with Gasteiger partial charge in [0.05, 0.1) is 17.3 Å². The fourth-order valence-corrected chi connectivity index (χ4v) is 2.65. The number of hydrogen-bond acceptors (Lipinski definition) is 4. The molecule has 20 heavy (non-hydrogen) atoms. The lowest BCUT2D eigenvalue weighted by molar-refractivity contribution is 0.299. The highest BCUT2D eigenvalue weighted by Gasteiger charge is 2.19. The van der Waals surface area contributed by atoms with Crippen molar-refractivity contribution in [1.29, 1.82) is 0 Å². The van der Waals surface area contributed by atoms with Gasteiger partial charge in [0.15, 0.2) is 0 Å². The lowest BCUT2D eigenvalue weighted by atomic mass is 10.1. The van der Waals surface area contributed by atoms with E-state index in [1.165, 1.54) is 0 Å². The Labute approximate surface area is 125 Å². The van der Waals surface area contributed by atoms with E-state index in [-0.39, 0.29) is 0 Å². The van der Waals surface area contributed by atoms with Crippen LogP contribution in [-0.4, -0.2) is 44.7 Å². The number of nitrogens with two attached hydrogens (primary N) is 1. The Bertz CT molecular complexity index is 496. The molecular formula is C15H22ClN3O. The van der Waals surface area contributed by atoms with Crippen LogP contribution < -0.4 is 10.6 Å². The lowest BCUT2D eigenvalue weighted by Gasteiger charge is -2.35. The van der Waals surface area contributed by atoms with Gasteiger partial charge in [0, 0.05) is 37.4 Å². The Morgan fingerprint density at radius 1 is 1.35 bits per heavy atom. The summed E-state index contributed by atoms with van der Waals surface area (Å²) in [6.45, 7) is 10.4. The number of anilines is 2. The Balaban J connectivity index is 2.29. The van der Waals surface area contributed by atoms with E-state index in [2.05, 4.69) is 23.4 Å². The number of halogens is 1. The molecule has 1 aromatic carbocycles. The summed E-state index contributed by atoms with van der Waals surface area (Å²) in [6, 6.07) is 3.77. The Morgan fingerprint density at radius 3 is 2.60 bits per heavy atom. The zero-order valence-corrected chi connectivity index (χ0v) is 12.9. The van der Waals surface area contributed by atoms with Crippen LogP contribution in [0.1, 0.15) is 12.5 Å². The second-order valence-electron chi connectivity index (χ2n) is 5.04. The van der Waals surface area contributed by atoms with Crippen molar-refractivity contribution in [3.8, 4) is 0 Å². The van der Waals surface area contributed by atoms with E-state index in [0.29, 0.717) is 23.1 Å². The van der Waals surface area contributed by atoms with Crippen LogP contribution in [0.2, 0.25) is 5.02 Å². The quantitative estimate of drug-likeness (QED) is 0.685. The number of nitrogen functional groups attached to an aromatic ring is 1. The zero-order chi connectivity index (χ0) is 14.7. The van der Waals surface area contributed by atoms with E-state index >= 15 is 0 Å². The topological polar surface area (TPSA) is 41.7 Å². The normalized spacial score (nSPS) is 16.2. The molecule has 1 saturated heterocycles. The lowest BCUT2D eigenvalue weighted by Crippen LogP contribution is -2.44. The fourth-order valence-electron chi connectivity index (χ4n) is 2.36. The minimum Gasteiger partial charge on any atom is -0.494 e. The highest BCUT2D eigenvalue weighted by atomic mass is 35.5. The van der Waals surface area contributed by atoms with Gasteiger partial charge in [-0.05, 0) is 26.1 Å². The van der Waals surface area contributed by atoms with E-state index in [9.17, 15) is 0 Å². The minimum absolute atomic E-state index is 0.574. The van der Waals surface area contributed by atoms with Crippen molar-refractivity contribution in [3.05, 3.63) is 29.3 Å². The van der Waals surface area contributed by atoms with Crippen LogP contribution in [0.4, 0.5) is 11.4 Å². The first-order valence-electron chi connectivity index (χ1n) is 6.87. The Kier molecular flexibility index (Phi) is 4.78. The minimum atomic E-state index is 0.574. The molecule has 1 aliphatic heterocycles. The van der Waals surface area contributed by atoms with Gasteiger partial charge >= 0.3 is 0 Å². The first-order chi connectivity index (χ1) is 9.52. The van der Waals surface area contributed by atoms with Crippen molar-refractivity contribution in [2.75, 3.05) is 50.5 Å². The first-order valence-corrected chi connectivity index (χ1v) is 7.25. The molecule has 0 saturated carbocycles. The predicted molar refractivity (Wildman–Crippen MR) is 86.2 cm³/mol. The maximum absolute atomic E-state index is 6.35. The number of piperazine rings is 1. The van der Waals surface area contributed by atoms with Gasteiger partial charge in [-0.15, -0.1) is 0 Å². The second kappa shape index (κ2) is 6.37. The van der Waals surface area contributed by atoms with Crippen LogP contribution in [0.3, 0.4) is 0 Å². The van der Waals surface area contributed by atoms with E-state index in [1.807, 2.05) is 13.0 Å². The van der Waals surface area contributed by atoms with E-state index in [0.717, 1.165) is 37.4 Å². The van der Waals surface area contributed by atoms with Crippen LogP contribution in [0.5, 0.6) is 0 Å². The molecule has 0 bridgehead atoms. The molecule has 0 aromatic heterocycles. The third-order valence-electron chi connectivity index (χ3n) is 3.58. The van der Waals surface area contributed by atoms with Crippen LogP contribution in [-0.2, 0) is 4.74 Å². The van der Waals surface area contributed by atoms with Crippen molar-refractivity contribution >= 4 is 28.7 Å². The van der Waals surface area contributed by atoms with Gasteiger partial charge in [-0.1, -0.05) is 18.2 Å². The molecule has 110 valence electrons. The number of likely N-dealkylation sites (N-methyl/N-ethyl adjacent to an activating group) is 1. The second-order valence-corrected chi connectivity index (χ2v) is 5.44. The van der Waals surface area contributed by atoms with Gasteiger partial charge < -0.3 is 20.3 Å². The van der Waals surface area contributed by atoms with E-state index < -0.39 is 0 Å². The van der Waals surface area contributed by atoms with Crippen molar-refractivity contribution in [2.24, 2.45) is 0 Å². The van der Waals surface area contributed by atoms with Crippen LogP contribution in [0, 0.1) is 0 Å². The average molecular weight is 296 g/mol. The van der Waals surface area contributed by atoms with Crippen LogP contribution >= 0.6 is 11.6 Å². The van der Waals surface area contributed by atoms with E-state index in [4.69, 9.17) is 22.1 Å². The van der Waals surface area contributed by atoms with Gasteiger partial charge in [-0.25, -0.2) is 0 Å². The maximum atomic E-state index is 6.35. The molecule has 0 amide bonds. The monoisotopic (exact) mass is 295 g/mol. The highest BCUT2D eigenvalue weighted by molar-refractivity contribution is 6.33. The molecule has 2 rings (SSSR count). The van der Waals surface area contributed by atoms with Gasteiger partial charge in [-0.2, -0.15) is 0 Å². The SMILES string of the molecule is C=C(OCC)c1cc(N2CCN(C)CC2)c(Cl)cc1N. The average Bonchev–Trinajstić information content (AvgIpc) is 2.40. The number of benzene rings is 1. The summed E-state index contributed by atoms with van der Waals surface area (Å²) >= 11 is 6.35. The van der Waals surface area contributed by atoms with Crippen molar-refractivity contribution < 1.29 is 4.74 Å². The van der Waals surface area contributed by atoms with Gasteiger partial charge in [0.25, 0.3) is 0 Å². The van der Waals surface area contributed by atoms with E-state index in [1.54, 1.807) is 6.07 Å². The largest absolute Gasteiger partial charge is 0.494 e. The summed E-state index contributed by atoms with van der Waals surface area (Å²) in [7, 11) is 2.13. The fraction of sp³-hybridized carbons (Fsp3) is 0.467. The molecule has 1 heterocycles. The predicted octanol–water partition coefficient (Wildman–Crippen LogP) is 2.68. The molecule has 0 radical (unpaired) electrons. The third kappa shape index (κ3) is 3.19. The summed E-state index contributed by atoms with van der Waals surface area (Å²) in [5, 5.41) is 0.681. The summed E-state index contributed by atoms with van der Waals surface area (Å²) in [4.78, 5) is 4.59. The third-order valence-corrected chi connectivity index (χ3v) is 3.88. The molecule has 2 N–H and O–H groups in total. The summed E-state index contributed by atoms with van der Waals surface area (Å²) in [6.07, 6.45) is 0. The Morgan fingerprint density at radius 2 is 2.00 bits per heavy atom. The molecule has 1 aromatic rings. The first kappa shape index (κ1) is 15.0. The van der Waals surface area contributed by atoms with Crippen molar-refractivity contribution in [1.82, 2.24) is 4.90 Å². The Hall–Kier alpha value is -1.39. The molecule has 1 aliphatic rings. The molecule has 0 unspecified atom stereocenters. The molecule has 4 nitrogen and oxygen atoms in total. The van der Waals surface area contributed by atoms with Crippen LogP contribution in [0.25, 0.3) is 5.76 Å². The maximum Gasteiger partial charge on any atom is 0.121 e. The molecule has 0 aliphatic carbocycles. The van der Waals surface area contributed by atoms with Gasteiger partial charge in [-0.3, -0.25) is 0 Å². The number of hydrogen-bond donors (Lipinski definition) is 1. The van der Waals surface area contributed by atoms with Crippen molar-refractivity contribution in [3.63, 3.8) is 0 Å². The number of rotatable bonds is 4. The number of nitrogens with zero attached hydrogens (tertiary/aromatic N) is 2. The summed E-state index contributed by atoms with van der Waals surface area (Å²) in [5.41, 5.74) is 8.45. The molecule has 1 fully saturated rings. The molecule has 0 spiro atoms. The highest BCUT2D eigenvalue weighted by Crippen LogP contribution is 2.34. The number of ether oxygens (including phenoxy) is 1. The smallest absolute Gasteiger partial charge is 0.121 e. The van der Waals surface area contributed by atoms with Gasteiger partial charge in [0.1, 0.15) is 5.76 Å². The van der Waals surface area contributed by atoms with Gasteiger partial charge in [0.2, 0.25) is 0 Å².